The Morgan fingerprint density at radius 2 is 1.64 bits per heavy atom. The van der Waals surface area contributed by atoms with E-state index in [-0.39, 0.29) is 17.3 Å². The molecule has 1 fully saturated rings. The summed E-state index contributed by atoms with van der Waals surface area (Å²) in [6, 6.07) is 13.1. The quantitative estimate of drug-likeness (QED) is 0.787. The molecule has 0 saturated carbocycles. The fourth-order valence-electron chi connectivity index (χ4n) is 3.12. The average molecular weight is 423 g/mol. The van der Waals surface area contributed by atoms with Crippen molar-refractivity contribution in [2.75, 3.05) is 44.1 Å². The summed E-state index contributed by atoms with van der Waals surface area (Å²) in [6.45, 7) is 4.63. The monoisotopic (exact) mass is 422 g/mol. The lowest BCUT2D eigenvalue weighted by Crippen LogP contribution is -3.12. The van der Waals surface area contributed by atoms with Crippen LogP contribution >= 0.6 is 11.6 Å². The predicted octanol–water partition coefficient (Wildman–Crippen LogP) is 1.20. The Hall–Kier alpha value is -2.09. The van der Waals surface area contributed by atoms with E-state index in [1.54, 1.807) is 53.4 Å². The zero-order valence-electron chi connectivity index (χ0n) is 16.1. The summed E-state index contributed by atoms with van der Waals surface area (Å²) in [5.74, 6) is -0.196. The molecule has 2 aromatic rings. The lowest BCUT2D eigenvalue weighted by molar-refractivity contribution is -0.883. The number of sulfonamides is 1. The summed E-state index contributed by atoms with van der Waals surface area (Å²) in [7, 11) is -1.80. The number of hydrogen-bond acceptors (Lipinski definition) is 3. The minimum atomic E-state index is -3.89. The van der Waals surface area contributed by atoms with Crippen molar-refractivity contribution in [3.63, 3.8) is 0 Å². The third-order valence-corrected chi connectivity index (χ3v) is 7.01. The Bertz CT molecular complexity index is 922. The second-order valence-electron chi connectivity index (χ2n) is 7.14. The van der Waals surface area contributed by atoms with E-state index in [2.05, 4.69) is 7.05 Å². The molecule has 0 unspecified atom stereocenters. The van der Waals surface area contributed by atoms with Crippen LogP contribution in [-0.2, 0) is 14.8 Å². The van der Waals surface area contributed by atoms with Crippen molar-refractivity contribution < 1.29 is 18.1 Å². The third kappa shape index (κ3) is 4.66. The number of benzene rings is 2. The zero-order chi connectivity index (χ0) is 20.3. The zero-order valence-corrected chi connectivity index (χ0v) is 17.6. The van der Waals surface area contributed by atoms with Crippen molar-refractivity contribution in [1.29, 1.82) is 0 Å². The molecule has 150 valence electrons. The minimum Gasteiger partial charge on any atom is -0.334 e. The normalized spacial score (nSPS) is 15.5. The van der Waals surface area contributed by atoms with E-state index >= 15 is 0 Å². The maximum absolute atomic E-state index is 13.3. The summed E-state index contributed by atoms with van der Waals surface area (Å²) < 4.78 is 27.8. The Labute approximate surface area is 171 Å². The maximum atomic E-state index is 13.3. The van der Waals surface area contributed by atoms with E-state index in [9.17, 15) is 13.2 Å². The van der Waals surface area contributed by atoms with Crippen LogP contribution in [0.15, 0.2) is 53.4 Å². The molecule has 1 amide bonds. The molecular formula is C20H25ClN3O3S+. The lowest BCUT2D eigenvalue weighted by atomic mass is 10.2. The van der Waals surface area contributed by atoms with Gasteiger partial charge < -0.3 is 9.80 Å². The molecule has 0 atom stereocenters. The van der Waals surface area contributed by atoms with Crippen LogP contribution in [-0.4, -0.2) is 59.0 Å². The fraction of sp³-hybridized carbons (Fsp3) is 0.350. The molecule has 1 heterocycles. The van der Waals surface area contributed by atoms with Gasteiger partial charge >= 0.3 is 0 Å². The van der Waals surface area contributed by atoms with Crippen LogP contribution in [0.25, 0.3) is 0 Å². The van der Waals surface area contributed by atoms with Crippen LogP contribution in [0.3, 0.4) is 0 Å². The topological polar surface area (TPSA) is 62.1 Å². The first-order chi connectivity index (χ1) is 13.3. The van der Waals surface area contributed by atoms with E-state index < -0.39 is 10.0 Å². The molecular weight excluding hydrogens is 398 g/mol. The summed E-state index contributed by atoms with van der Waals surface area (Å²) >= 11 is 5.96. The van der Waals surface area contributed by atoms with E-state index in [0.717, 1.165) is 18.7 Å². The van der Waals surface area contributed by atoms with Crippen LogP contribution in [0.4, 0.5) is 5.69 Å². The number of nitrogens with one attached hydrogen (secondary N) is 1. The Balaban J connectivity index is 1.92. The number of aryl methyl sites for hydroxylation is 1. The lowest BCUT2D eigenvalue weighted by Gasteiger charge is -2.32. The Morgan fingerprint density at radius 3 is 2.21 bits per heavy atom. The molecule has 1 aliphatic rings. The van der Waals surface area contributed by atoms with E-state index in [4.69, 9.17) is 11.6 Å². The highest BCUT2D eigenvalue weighted by atomic mass is 35.5. The molecule has 1 aliphatic heterocycles. The molecule has 3 rings (SSSR count). The van der Waals surface area contributed by atoms with Crippen LogP contribution in [0.5, 0.6) is 0 Å². The number of anilines is 1. The number of nitrogens with zero attached hydrogens (tertiary/aromatic N) is 2. The molecule has 8 heteroatoms. The molecule has 1 N–H and O–H groups in total. The predicted molar refractivity (Wildman–Crippen MR) is 110 cm³/mol. The number of rotatable bonds is 5. The minimum absolute atomic E-state index is 0.156. The van der Waals surface area contributed by atoms with Gasteiger partial charge in [-0.15, -0.1) is 0 Å². The molecule has 0 aromatic heterocycles. The van der Waals surface area contributed by atoms with Gasteiger partial charge in [0, 0.05) is 5.02 Å². The van der Waals surface area contributed by atoms with Crippen molar-refractivity contribution in [1.82, 2.24) is 4.90 Å². The van der Waals surface area contributed by atoms with Crippen LogP contribution in [0, 0.1) is 6.92 Å². The largest absolute Gasteiger partial charge is 0.334 e. The van der Waals surface area contributed by atoms with Gasteiger partial charge in [-0.1, -0.05) is 29.3 Å². The van der Waals surface area contributed by atoms with Gasteiger partial charge in [-0.3, -0.25) is 9.10 Å². The highest BCUT2D eigenvalue weighted by Gasteiger charge is 2.30. The van der Waals surface area contributed by atoms with Crippen LogP contribution < -0.4 is 9.21 Å². The molecule has 0 bridgehead atoms. The summed E-state index contributed by atoms with van der Waals surface area (Å²) in [5, 5.41) is 0.504. The highest BCUT2D eigenvalue weighted by Crippen LogP contribution is 2.25. The highest BCUT2D eigenvalue weighted by molar-refractivity contribution is 7.92. The number of hydrogen-bond donors (Lipinski definition) is 1. The number of halogens is 1. The average Bonchev–Trinajstić information content (AvgIpc) is 2.67. The number of piperazine rings is 1. The first kappa shape index (κ1) is 20.6. The number of carbonyl (C=O) groups is 1. The summed E-state index contributed by atoms with van der Waals surface area (Å²) in [4.78, 5) is 16.1. The summed E-state index contributed by atoms with van der Waals surface area (Å²) in [6.07, 6.45) is 0. The van der Waals surface area contributed by atoms with Crippen LogP contribution in [0.1, 0.15) is 5.56 Å². The standard InChI is InChI=1S/C20H24ClN3O3S/c1-16-3-9-19(10-4-16)28(26,27)24(18-7-5-17(21)6-8-18)15-20(25)23-13-11-22(2)12-14-23/h3-10H,11-15H2,1-2H3/p+1. The second-order valence-corrected chi connectivity index (χ2v) is 9.44. The fourth-order valence-corrected chi connectivity index (χ4v) is 4.66. The summed E-state index contributed by atoms with van der Waals surface area (Å²) in [5.41, 5.74) is 1.38. The molecule has 6 nitrogen and oxygen atoms in total. The molecule has 2 aromatic carbocycles. The smallest absolute Gasteiger partial charge is 0.264 e. The van der Waals surface area contributed by atoms with Gasteiger partial charge in [0.1, 0.15) is 6.54 Å². The third-order valence-electron chi connectivity index (χ3n) is 4.97. The van der Waals surface area contributed by atoms with E-state index in [0.29, 0.717) is 23.8 Å². The van der Waals surface area contributed by atoms with Gasteiger partial charge in [0.05, 0.1) is 43.8 Å². The van der Waals surface area contributed by atoms with Gasteiger partial charge in [0.2, 0.25) is 5.91 Å². The van der Waals surface area contributed by atoms with Gasteiger partial charge in [-0.25, -0.2) is 8.42 Å². The molecule has 0 aliphatic carbocycles. The van der Waals surface area contributed by atoms with Crippen LogP contribution in [0.2, 0.25) is 5.02 Å². The van der Waals surface area contributed by atoms with Crippen molar-refractivity contribution in [3.05, 3.63) is 59.1 Å². The molecule has 28 heavy (non-hydrogen) atoms. The SMILES string of the molecule is Cc1ccc(S(=O)(=O)N(CC(=O)N2CC[NH+](C)CC2)c2ccc(Cl)cc2)cc1. The van der Waals surface area contributed by atoms with Gasteiger partial charge in [0.15, 0.2) is 0 Å². The maximum Gasteiger partial charge on any atom is 0.264 e. The van der Waals surface area contributed by atoms with Crippen molar-refractivity contribution in [2.45, 2.75) is 11.8 Å². The first-order valence-electron chi connectivity index (χ1n) is 9.21. The first-order valence-corrected chi connectivity index (χ1v) is 11.0. The molecule has 0 radical (unpaired) electrons. The molecule has 0 spiro atoms. The second kappa shape index (κ2) is 8.51. The van der Waals surface area contributed by atoms with Crippen molar-refractivity contribution in [3.8, 4) is 0 Å². The number of quaternary nitrogens is 1. The Kier molecular flexibility index (Phi) is 6.27. The van der Waals surface area contributed by atoms with E-state index in [1.807, 2.05) is 6.92 Å². The number of carbonyl (C=O) groups excluding carboxylic acids is 1. The molecule has 1 saturated heterocycles. The van der Waals surface area contributed by atoms with E-state index in [1.165, 1.54) is 9.21 Å². The van der Waals surface area contributed by atoms with Crippen molar-refractivity contribution in [2.24, 2.45) is 0 Å². The number of likely N-dealkylation sites (N-methyl/N-ethyl adjacent to an activating group) is 1. The van der Waals surface area contributed by atoms with Gasteiger partial charge in [-0.05, 0) is 43.3 Å². The van der Waals surface area contributed by atoms with Gasteiger partial charge in [-0.2, -0.15) is 0 Å². The van der Waals surface area contributed by atoms with Crippen molar-refractivity contribution >= 4 is 33.2 Å². The van der Waals surface area contributed by atoms with Gasteiger partial charge in [0.25, 0.3) is 10.0 Å². The Morgan fingerprint density at radius 1 is 1.07 bits per heavy atom. The number of amides is 1.